The first-order valence-electron chi connectivity index (χ1n) is 7.71. The molecule has 1 aromatic carbocycles. The molecule has 126 valence electrons. The van der Waals surface area contributed by atoms with Crippen molar-refractivity contribution >= 4 is 5.97 Å². The van der Waals surface area contributed by atoms with E-state index in [0.717, 1.165) is 5.56 Å². The van der Waals surface area contributed by atoms with Gasteiger partial charge in [0.05, 0.1) is 24.7 Å². The van der Waals surface area contributed by atoms with E-state index in [4.69, 9.17) is 19.9 Å². The number of hydrogen-bond donors (Lipinski definition) is 1. The van der Waals surface area contributed by atoms with Crippen LogP contribution in [0.1, 0.15) is 32.3 Å². The summed E-state index contributed by atoms with van der Waals surface area (Å²) < 4.78 is 15.9. The average Bonchev–Trinajstić information content (AvgIpc) is 2.55. The molecule has 2 N–H and O–H groups in total. The molecular weight excluding hydrogens is 308 g/mol. The van der Waals surface area contributed by atoms with Gasteiger partial charge >= 0.3 is 5.97 Å². The van der Waals surface area contributed by atoms with Crippen molar-refractivity contribution in [3.63, 3.8) is 0 Å². The standard InChI is InChI=1S/C18H20N2O4/c1-4-22-13-8-6-12(7-9-13)16-14(10-19)17(20)24-11(3)15(16)18(21)23-5-2/h6-9,16H,4-5,20H2,1-3H3. The number of benzene rings is 1. The summed E-state index contributed by atoms with van der Waals surface area (Å²) in [4.78, 5) is 12.4. The van der Waals surface area contributed by atoms with Crippen molar-refractivity contribution < 1.29 is 19.0 Å². The molecule has 0 bridgehead atoms. The zero-order valence-corrected chi connectivity index (χ0v) is 14.0. The first kappa shape index (κ1) is 17.4. The van der Waals surface area contributed by atoms with Crippen LogP contribution in [0.15, 0.2) is 47.1 Å². The third kappa shape index (κ3) is 3.35. The van der Waals surface area contributed by atoms with Crippen LogP contribution in [0.4, 0.5) is 0 Å². The molecule has 1 aromatic rings. The Morgan fingerprint density at radius 1 is 1.29 bits per heavy atom. The molecule has 0 radical (unpaired) electrons. The smallest absolute Gasteiger partial charge is 0.338 e. The second kappa shape index (κ2) is 7.55. The zero-order chi connectivity index (χ0) is 17.7. The highest BCUT2D eigenvalue weighted by Gasteiger charge is 2.36. The van der Waals surface area contributed by atoms with E-state index >= 15 is 0 Å². The van der Waals surface area contributed by atoms with E-state index in [1.807, 2.05) is 13.0 Å². The fourth-order valence-corrected chi connectivity index (χ4v) is 2.61. The lowest BCUT2D eigenvalue weighted by atomic mass is 9.83. The van der Waals surface area contributed by atoms with E-state index in [0.29, 0.717) is 18.1 Å². The summed E-state index contributed by atoms with van der Waals surface area (Å²) in [5.74, 6) is -0.0967. The van der Waals surface area contributed by atoms with Crippen molar-refractivity contribution in [2.45, 2.75) is 26.7 Å². The van der Waals surface area contributed by atoms with Crippen molar-refractivity contribution in [2.75, 3.05) is 13.2 Å². The molecule has 0 saturated heterocycles. The number of hydrogen-bond acceptors (Lipinski definition) is 6. The maximum absolute atomic E-state index is 12.4. The Labute approximate surface area is 141 Å². The molecule has 2 rings (SSSR count). The lowest BCUT2D eigenvalue weighted by molar-refractivity contribution is -0.139. The van der Waals surface area contributed by atoms with Gasteiger partial charge in [0.1, 0.15) is 23.2 Å². The fourth-order valence-electron chi connectivity index (χ4n) is 2.61. The van der Waals surface area contributed by atoms with Crippen LogP contribution in [0.5, 0.6) is 5.75 Å². The van der Waals surface area contributed by atoms with E-state index in [-0.39, 0.29) is 23.6 Å². The topological polar surface area (TPSA) is 94.6 Å². The van der Waals surface area contributed by atoms with E-state index < -0.39 is 11.9 Å². The largest absolute Gasteiger partial charge is 0.494 e. The molecule has 24 heavy (non-hydrogen) atoms. The Bertz CT molecular complexity index is 726. The van der Waals surface area contributed by atoms with Gasteiger partial charge < -0.3 is 19.9 Å². The van der Waals surface area contributed by atoms with Crippen LogP contribution in [-0.2, 0) is 14.3 Å². The number of carbonyl (C=O) groups is 1. The highest BCUT2D eigenvalue weighted by atomic mass is 16.5. The molecule has 0 aliphatic carbocycles. The molecule has 0 spiro atoms. The molecular formula is C18H20N2O4. The van der Waals surface area contributed by atoms with Gasteiger partial charge in [-0.1, -0.05) is 12.1 Å². The summed E-state index contributed by atoms with van der Waals surface area (Å²) in [6.07, 6.45) is 0. The molecule has 1 aliphatic rings. The van der Waals surface area contributed by atoms with Crippen molar-refractivity contribution in [3.8, 4) is 11.8 Å². The molecule has 0 aromatic heterocycles. The van der Waals surface area contributed by atoms with Crippen molar-refractivity contribution in [3.05, 3.63) is 52.6 Å². The summed E-state index contributed by atoms with van der Waals surface area (Å²) in [5.41, 5.74) is 7.06. The predicted octanol–water partition coefficient (Wildman–Crippen LogP) is 2.73. The van der Waals surface area contributed by atoms with Crippen molar-refractivity contribution in [2.24, 2.45) is 5.73 Å². The average molecular weight is 328 g/mol. The maximum Gasteiger partial charge on any atom is 0.338 e. The van der Waals surface area contributed by atoms with Gasteiger partial charge in [-0.05, 0) is 38.5 Å². The lowest BCUT2D eigenvalue weighted by Crippen LogP contribution is -2.25. The van der Waals surface area contributed by atoms with Crippen LogP contribution < -0.4 is 10.5 Å². The molecule has 0 fully saturated rings. The first-order chi connectivity index (χ1) is 11.5. The van der Waals surface area contributed by atoms with Gasteiger partial charge in [-0.25, -0.2) is 4.79 Å². The summed E-state index contributed by atoms with van der Waals surface area (Å²) in [7, 11) is 0. The number of carbonyl (C=O) groups excluding carboxylic acids is 1. The van der Waals surface area contributed by atoms with E-state index in [9.17, 15) is 10.1 Å². The Morgan fingerprint density at radius 2 is 1.96 bits per heavy atom. The van der Waals surface area contributed by atoms with Crippen LogP contribution in [-0.4, -0.2) is 19.2 Å². The summed E-state index contributed by atoms with van der Waals surface area (Å²) in [6, 6.07) is 9.23. The van der Waals surface area contributed by atoms with Gasteiger partial charge in [0.15, 0.2) is 0 Å². The number of allylic oxidation sites excluding steroid dienone is 2. The van der Waals surface area contributed by atoms with Gasteiger partial charge in [0.2, 0.25) is 5.88 Å². The molecule has 1 atom stereocenters. The Balaban J connectivity index is 2.51. The van der Waals surface area contributed by atoms with Crippen molar-refractivity contribution in [1.29, 1.82) is 5.26 Å². The monoisotopic (exact) mass is 328 g/mol. The number of ether oxygens (including phenoxy) is 3. The molecule has 6 nitrogen and oxygen atoms in total. The zero-order valence-electron chi connectivity index (χ0n) is 14.0. The van der Waals surface area contributed by atoms with Crippen LogP contribution in [0.25, 0.3) is 0 Å². The molecule has 0 saturated carbocycles. The quantitative estimate of drug-likeness (QED) is 0.835. The number of nitrogens with two attached hydrogens (primary N) is 1. The molecule has 1 unspecified atom stereocenters. The summed E-state index contributed by atoms with van der Waals surface area (Å²) >= 11 is 0. The van der Waals surface area contributed by atoms with Crippen LogP contribution in [0.2, 0.25) is 0 Å². The van der Waals surface area contributed by atoms with Crippen LogP contribution >= 0.6 is 0 Å². The third-order valence-corrected chi connectivity index (χ3v) is 3.63. The van der Waals surface area contributed by atoms with Crippen LogP contribution in [0.3, 0.4) is 0 Å². The molecule has 1 aliphatic heterocycles. The van der Waals surface area contributed by atoms with Gasteiger partial charge in [0.25, 0.3) is 0 Å². The lowest BCUT2D eigenvalue weighted by Gasteiger charge is -2.26. The number of rotatable bonds is 5. The van der Waals surface area contributed by atoms with E-state index in [1.165, 1.54) is 0 Å². The van der Waals surface area contributed by atoms with Gasteiger partial charge in [-0.2, -0.15) is 5.26 Å². The van der Waals surface area contributed by atoms with Gasteiger partial charge in [-0.15, -0.1) is 0 Å². The number of esters is 1. The Hall–Kier alpha value is -2.94. The molecule has 6 heteroatoms. The highest BCUT2D eigenvalue weighted by molar-refractivity contribution is 5.92. The number of nitrogens with zero attached hydrogens (tertiary/aromatic N) is 1. The molecule has 1 heterocycles. The normalized spacial score (nSPS) is 17.2. The van der Waals surface area contributed by atoms with Crippen LogP contribution in [0, 0.1) is 11.3 Å². The van der Waals surface area contributed by atoms with Gasteiger partial charge in [0, 0.05) is 0 Å². The van der Waals surface area contributed by atoms with E-state index in [1.54, 1.807) is 38.1 Å². The maximum atomic E-state index is 12.4. The Morgan fingerprint density at radius 3 is 2.50 bits per heavy atom. The second-order valence-corrected chi connectivity index (χ2v) is 5.12. The minimum Gasteiger partial charge on any atom is -0.494 e. The third-order valence-electron chi connectivity index (χ3n) is 3.63. The van der Waals surface area contributed by atoms with Gasteiger partial charge in [-0.3, -0.25) is 0 Å². The second-order valence-electron chi connectivity index (χ2n) is 5.12. The molecule has 0 amide bonds. The Kier molecular flexibility index (Phi) is 5.48. The first-order valence-corrected chi connectivity index (χ1v) is 7.71. The predicted molar refractivity (Wildman–Crippen MR) is 87.6 cm³/mol. The highest BCUT2D eigenvalue weighted by Crippen LogP contribution is 2.39. The summed E-state index contributed by atoms with van der Waals surface area (Å²) in [6.45, 7) is 6.04. The SMILES string of the molecule is CCOC(=O)C1=C(C)OC(N)=C(C#N)C1c1ccc(OCC)cc1. The minimum atomic E-state index is -0.626. The minimum absolute atomic E-state index is 0.00179. The number of nitriles is 1. The fraction of sp³-hybridized carbons (Fsp3) is 0.333. The summed E-state index contributed by atoms with van der Waals surface area (Å²) in [5, 5.41) is 9.48. The van der Waals surface area contributed by atoms with Crippen molar-refractivity contribution in [1.82, 2.24) is 0 Å². The van der Waals surface area contributed by atoms with E-state index in [2.05, 4.69) is 0 Å².